The van der Waals surface area contributed by atoms with Gasteiger partial charge in [0.05, 0.1) is 6.04 Å². The molecule has 0 amide bonds. The van der Waals surface area contributed by atoms with Crippen LogP contribution in [0.5, 0.6) is 0 Å². The van der Waals surface area contributed by atoms with Gasteiger partial charge in [-0.05, 0) is 50.9 Å². The molecule has 0 saturated heterocycles. The summed E-state index contributed by atoms with van der Waals surface area (Å²) >= 11 is 0. The molecule has 1 aromatic heterocycles. The van der Waals surface area contributed by atoms with Crippen molar-refractivity contribution < 1.29 is 4.42 Å². The Kier molecular flexibility index (Phi) is 3.13. The summed E-state index contributed by atoms with van der Waals surface area (Å²) in [6.45, 7) is 2.12. The van der Waals surface area contributed by atoms with Gasteiger partial charge in [-0.1, -0.05) is 24.5 Å². The second kappa shape index (κ2) is 4.77. The van der Waals surface area contributed by atoms with Crippen LogP contribution in [0.3, 0.4) is 0 Å². The first-order valence-electron chi connectivity index (χ1n) is 6.95. The quantitative estimate of drug-likeness (QED) is 0.874. The molecule has 1 aromatic carbocycles. The minimum atomic E-state index is 0.375. The first-order chi connectivity index (χ1) is 8.78. The Morgan fingerprint density at radius 2 is 2.00 bits per heavy atom. The lowest BCUT2D eigenvalue weighted by Gasteiger charge is -2.20. The fourth-order valence-electron chi connectivity index (χ4n) is 3.24. The van der Waals surface area contributed by atoms with Crippen molar-refractivity contribution in [3.63, 3.8) is 0 Å². The van der Waals surface area contributed by atoms with Crippen molar-refractivity contribution in [3.8, 4) is 0 Å². The largest absolute Gasteiger partial charge is 0.459 e. The molecule has 96 valence electrons. The van der Waals surface area contributed by atoms with Gasteiger partial charge in [0.1, 0.15) is 11.3 Å². The molecule has 0 aliphatic heterocycles. The highest BCUT2D eigenvalue weighted by molar-refractivity contribution is 5.78. The maximum atomic E-state index is 6.03. The molecule has 1 heterocycles. The second-order valence-corrected chi connectivity index (χ2v) is 5.50. The lowest BCUT2D eigenvalue weighted by Crippen LogP contribution is -2.22. The third kappa shape index (κ3) is 2.05. The maximum Gasteiger partial charge on any atom is 0.134 e. The van der Waals surface area contributed by atoms with Gasteiger partial charge in [-0.2, -0.15) is 0 Å². The Morgan fingerprint density at radius 3 is 2.72 bits per heavy atom. The summed E-state index contributed by atoms with van der Waals surface area (Å²) in [4.78, 5) is 0. The Bertz CT molecular complexity index is 537. The molecule has 2 aromatic rings. The third-order valence-corrected chi connectivity index (χ3v) is 4.18. The minimum absolute atomic E-state index is 0.375. The van der Waals surface area contributed by atoms with Crippen molar-refractivity contribution in [2.24, 2.45) is 5.92 Å². The maximum absolute atomic E-state index is 6.03. The highest BCUT2D eigenvalue weighted by Gasteiger charge is 2.27. The van der Waals surface area contributed by atoms with E-state index in [2.05, 4.69) is 36.5 Å². The normalized spacial score (nSPS) is 18.6. The number of hydrogen-bond acceptors (Lipinski definition) is 2. The van der Waals surface area contributed by atoms with Crippen molar-refractivity contribution in [3.05, 3.63) is 35.6 Å². The van der Waals surface area contributed by atoms with Crippen LogP contribution >= 0.6 is 0 Å². The van der Waals surface area contributed by atoms with E-state index < -0.39 is 0 Å². The van der Waals surface area contributed by atoms with E-state index in [-0.39, 0.29) is 0 Å². The minimum Gasteiger partial charge on any atom is -0.459 e. The molecule has 18 heavy (non-hydrogen) atoms. The predicted molar refractivity (Wildman–Crippen MR) is 74.7 cm³/mol. The summed E-state index contributed by atoms with van der Waals surface area (Å²) in [5.41, 5.74) is 2.30. The molecule has 2 nitrogen and oxygen atoms in total. The van der Waals surface area contributed by atoms with E-state index in [1.54, 1.807) is 0 Å². The molecule has 0 bridgehead atoms. The average Bonchev–Trinajstić information content (AvgIpc) is 2.98. The summed E-state index contributed by atoms with van der Waals surface area (Å²) in [7, 11) is 2.04. The number of rotatable bonds is 3. The second-order valence-electron chi connectivity index (χ2n) is 5.50. The van der Waals surface area contributed by atoms with Crippen molar-refractivity contribution in [1.29, 1.82) is 0 Å². The van der Waals surface area contributed by atoms with Crippen molar-refractivity contribution in [2.75, 3.05) is 7.05 Å². The van der Waals surface area contributed by atoms with Crippen LogP contribution in [0.15, 0.2) is 28.7 Å². The van der Waals surface area contributed by atoms with Gasteiger partial charge in [0.25, 0.3) is 0 Å². The fourth-order valence-corrected chi connectivity index (χ4v) is 3.24. The molecular weight excluding hydrogens is 222 g/mol. The van der Waals surface area contributed by atoms with Gasteiger partial charge in [-0.15, -0.1) is 0 Å². The van der Waals surface area contributed by atoms with Gasteiger partial charge < -0.3 is 9.73 Å². The van der Waals surface area contributed by atoms with E-state index in [0.29, 0.717) is 6.04 Å². The Morgan fingerprint density at radius 1 is 1.22 bits per heavy atom. The summed E-state index contributed by atoms with van der Waals surface area (Å²) in [6.07, 6.45) is 5.37. The van der Waals surface area contributed by atoms with E-state index in [1.807, 2.05) is 7.05 Å². The van der Waals surface area contributed by atoms with Gasteiger partial charge in [-0.25, -0.2) is 0 Å². The van der Waals surface area contributed by atoms with Crippen molar-refractivity contribution in [1.82, 2.24) is 5.32 Å². The van der Waals surface area contributed by atoms with Crippen LogP contribution in [0.2, 0.25) is 0 Å². The van der Waals surface area contributed by atoms with Crippen LogP contribution in [-0.2, 0) is 0 Å². The Balaban J connectivity index is 1.96. The topological polar surface area (TPSA) is 25.2 Å². The zero-order valence-electron chi connectivity index (χ0n) is 11.2. The van der Waals surface area contributed by atoms with Crippen LogP contribution in [0, 0.1) is 12.8 Å². The summed E-state index contributed by atoms with van der Waals surface area (Å²) in [5, 5.41) is 4.67. The monoisotopic (exact) mass is 243 g/mol. The summed E-state index contributed by atoms with van der Waals surface area (Å²) < 4.78 is 6.03. The van der Waals surface area contributed by atoms with E-state index >= 15 is 0 Å². The van der Waals surface area contributed by atoms with E-state index in [0.717, 1.165) is 17.3 Å². The number of nitrogens with one attached hydrogen (secondary N) is 1. The summed E-state index contributed by atoms with van der Waals surface area (Å²) in [6, 6.07) is 8.97. The Hall–Kier alpha value is -1.28. The molecule has 1 aliphatic rings. The van der Waals surface area contributed by atoms with Gasteiger partial charge >= 0.3 is 0 Å². The fraction of sp³-hybridized carbons (Fsp3) is 0.500. The lowest BCUT2D eigenvalue weighted by atomic mass is 9.96. The molecule has 1 fully saturated rings. The van der Waals surface area contributed by atoms with Crippen LogP contribution in [0.4, 0.5) is 0 Å². The number of benzene rings is 1. The predicted octanol–water partition coefficient (Wildman–Crippen LogP) is 4.19. The molecule has 2 heteroatoms. The number of hydrogen-bond donors (Lipinski definition) is 1. The highest BCUT2D eigenvalue weighted by Crippen LogP contribution is 2.37. The lowest BCUT2D eigenvalue weighted by molar-refractivity contribution is 0.336. The molecule has 1 unspecified atom stereocenters. The first kappa shape index (κ1) is 11.8. The third-order valence-electron chi connectivity index (χ3n) is 4.18. The molecule has 1 aliphatic carbocycles. The molecule has 0 radical (unpaired) electrons. The van der Waals surface area contributed by atoms with E-state index in [1.165, 1.54) is 36.6 Å². The zero-order chi connectivity index (χ0) is 12.5. The van der Waals surface area contributed by atoms with Crippen molar-refractivity contribution in [2.45, 2.75) is 38.6 Å². The zero-order valence-corrected chi connectivity index (χ0v) is 11.2. The van der Waals surface area contributed by atoms with Crippen LogP contribution in [-0.4, -0.2) is 7.05 Å². The van der Waals surface area contributed by atoms with Gasteiger partial charge in [0.2, 0.25) is 0 Å². The smallest absolute Gasteiger partial charge is 0.134 e. The number of fused-ring (bicyclic) bond motifs is 1. The number of aryl methyl sites for hydroxylation is 1. The van der Waals surface area contributed by atoms with E-state index in [9.17, 15) is 0 Å². The molecule has 1 atom stereocenters. The van der Waals surface area contributed by atoms with Crippen LogP contribution < -0.4 is 5.32 Å². The van der Waals surface area contributed by atoms with Crippen LogP contribution in [0.25, 0.3) is 11.0 Å². The molecule has 1 N–H and O–H groups in total. The number of furan rings is 1. The average molecular weight is 243 g/mol. The van der Waals surface area contributed by atoms with Gasteiger partial charge in [-0.3, -0.25) is 0 Å². The SMILES string of the molecule is CNC(c1cc2cc(C)ccc2o1)C1CCCC1. The molecule has 0 spiro atoms. The van der Waals surface area contributed by atoms with Crippen molar-refractivity contribution >= 4 is 11.0 Å². The standard InChI is InChI=1S/C16H21NO/c1-11-7-8-14-13(9-11)10-15(18-14)16(17-2)12-5-3-4-6-12/h7-10,12,16-17H,3-6H2,1-2H3. The molecule has 1 saturated carbocycles. The van der Waals surface area contributed by atoms with Gasteiger partial charge in [0.15, 0.2) is 0 Å². The van der Waals surface area contributed by atoms with Gasteiger partial charge in [0, 0.05) is 5.39 Å². The Labute approximate surface area is 108 Å². The highest BCUT2D eigenvalue weighted by atomic mass is 16.3. The van der Waals surface area contributed by atoms with E-state index in [4.69, 9.17) is 4.42 Å². The summed E-state index contributed by atoms with van der Waals surface area (Å²) in [5.74, 6) is 1.83. The first-order valence-corrected chi connectivity index (χ1v) is 6.95. The molecule has 3 rings (SSSR count). The van der Waals surface area contributed by atoms with Crippen LogP contribution in [0.1, 0.15) is 43.0 Å². The molecular formula is C16H21NO.